The van der Waals surface area contributed by atoms with Gasteiger partial charge in [-0.25, -0.2) is 13.6 Å². The minimum Gasteiger partial charge on any atom is -0.444 e. The first-order valence-corrected chi connectivity index (χ1v) is 8.51. The Bertz CT molecular complexity index is 868. The van der Waals surface area contributed by atoms with E-state index in [0.29, 0.717) is 0 Å². The van der Waals surface area contributed by atoms with Gasteiger partial charge in [-0.3, -0.25) is 9.78 Å². The molecule has 0 aliphatic heterocycles. The van der Waals surface area contributed by atoms with E-state index in [1.807, 2.05) is 0 Å². The number of hydrogen-bond acceptors (Lipinski definition) is 5. The zero-order valence-corrected chi connectivity index (χ0v) is 16.0. The average Bonchev–Trinajstić information content (AvgIpc) is 2.56. The van der Waals surface area contributed by atoms with Crippen molar-refractivity contribution in [2.24, 2.45) is 0 Å². The van der Waals surface area contributed by atoms with Crippen LogP contribution in [-0.4, -0.2) is 28.6 Å². The number of alkyl carbamates (subject to hydrolysis) is 1. The third-order valence-corrected chi connectivity index (χ3v) is 3.37. The van der Waals surface area contributed by atoms with Gasteiger partial charge in [0, 0.05) is 6.07 Å². The number of rotatable bonds is 5. The highest BCUT2D eigenvalue weighted by Gasteiger charge is 2.22. The lowest BCUT2D eigenvalue weighted by Crippen LogP contribution is -2.44. The smallest absolute Gasteiger partial charge is 0.408 e. The van der Waals surface area contributed by atoms with Crippen molar-refractivity contribution in [3.63, 3.8) is 0 Å². The molecule has 1 aromatic carbocycles. The van der Waals surface area contributed by atoms with E-state index >= 15 is 0 Å². The van der Waals surface area contributed by atoms with Gasteiger partial charge in [0.15, 0.2) is 0 Å². The molecule has 2 rings (SSSR count). The Kier molecular flexibility index (Phi) is 6.50. The van der Waals surface area contributed by atoms with Crippen molar-refractivity contribution in [1.82, 2.24) is 10.3 Å². The fraction of sp³-hybridized carbons (Fsp3) is 0.316. The molecule has 0 fully saturated rings. The van der Waals surface area contributed by atoms with E-state index in [1.54, 1.807) is 20.8 Å². The van der Waals surface area contributed by atoms with Gasteiger partial charge in [-0.2, -0.15) is 0 Å². The summed E-state index contributed by atoms with van der Waals surface area (Å²) >= 11 is 0. The van der Waals surface area contributed by atoms with E-state index in [4.69, 9.17) is 4.74 Å². The number of pyridine rings is 1. The van der Waals surface area contributed by atoms with Gasteiger partial charge in [0.25, 0.3) is 0 Å². The molecule has 150 valence electrons. The number of benzene rings is 1. The van der Waals surface area contributed by atoms with E-state index in [2.05, 4.69) is 20.9 Å². The maximum absolute atomic E-state index is 14.3. The molecule has 1 aromatic heterocycles. The van der Waals surface area contributed by atoms with E-state index < -0.39 is 35.3 Å². The van der Waals surface area contributed by atoms with Crippen LogP contribution in [0.5, 0.6) is 0 Å². The summed E-state index contributed by atoms with van der Waals surface area (Å²) in [7, 11) is 0. The number of halogens is 2. The van der Waals surface area contributed by atoms with Gasteiger partial charge >= 0.3 is 6.09 Å². The summed E-state index contributed by atoms with van der Waals surface area (Å²) in [4.78, 5) is 27.9. The molecule has 2 aromatic rings. The van der Waals surface area contributed by atoms with Crippen LogP contribution in [0.25, 0.3) is 0 Å². The van der Waals surface area contributed by atoms with E-state index in [9.17, 15) is 18.4 Å². The Morgan fingerprint density at radius 3 is 2.54 bits per heavy atom. The van der Waals surface area contributed by atoms with Crippen molar-refractivity contribution in [2.45, 2.75) is 39.3 Å². The SMILES string of the molecule is C[C@H](NC(=O)OC(C)(C)C)C(=O)Nc1c(F)cccc1Nc1cncc(F)c1. The summed E-state index contributed by atoms with van der Waals surface area (Å²) in [5.41, 5.74) is -0.386. The number of carbonyl (C=O) groups is 2. The predicted octanol–water partition coefficient (Wildman–Crippen LogP) is 3.96. The molecular formula is C19H22F2N4O3. The number of nitrogens with zero attached hydrogens (tertiary/aromatic N) is 1. The first-order valence-electron chi connectivity index (χ1n) is 8.51. The normalized spacial score (nSPS) is 12.1. The molecule has 0 bridgehead atoms. The quantitative estimate of drug-likeness (QED) is 0.716. The molecule has 1 atom stereocenters. The topological polar surface area (TPSA) is 92.3 Å². The summed E-state index contributed by atoms with van der Waals surface area (Å²) in [6.07, 6.45) is 1.61. The van der Waals surface area contributed by atoms with Crippen molar-refractivity contribution in [1.29, 1.82) is 0 Å². The predicted molar refractivity (Wildman–Crippen MR) is 101 cm³/mol. The molecule has 7 nitrogen and oxygen atoms in total. The minimum atomic E-state index is -0.988. The second kappa shape index (κ2) is 8.64. The van der Waals surface area contributed by atoms with E-state index in [0.717, 1.165) is 12.3 Å². The Morgan fingerprint density at radius 1 is 1.18 bits per heavy atom. The second-order valence-corrected chi connectivity index (χ2v) is 7.04. The molecule has 0 aliphatic rings. The zero-order chi connectivity index (χ0) is 20.9. The number of nitrogens with one attached hydrogen (secondary N) is 3. The molecule has 2 amide bonds. The first kappa shape index (κ1) is 21.1. The highest BCUT2D eigenvalue weighted by Crippen LogP contribution is 2.28. The van der Waals surface area contributed by atoms with E-state index in [1.165, 1.54) is 31.3 Å². The molecule has 28 heavy (non-hydrogen) atoms. The van der Waals surface area contributed by atoms with Crippen molar-refractivity contribution in [3.05, 3.63) is 48.3 Å². The number of amides is 2. The van der Waals surface area contributed by atoms with Crippen LogP contribution in [0.1, 0.15) is 27.7 Å². The Labute approximate surface area is 161 Å². The number of para-hydroxylation sites is 1. The van der Waals surface area contributed by atoms with Crippen molar-refractivity contribution < 1.29 is 23.1 Å². The average molecular weight is 392 g/mol. The number of aromatic nitrogens is 1. The van der Waals surface area contributed by atoms with Crippen LogP contribution < -0.4 is 16.0 Å². The van der Waals surface area contributed by atoms with Gasteiger partial charge in [0.05, 0.1) is 23.8 Å². The van der Waals surface area contributed by atoms with Crippen LogP contribution in [0, 0.1) is 11.6 Å². The molecular weight excluding hydrogens is 370 g/mol. The van der Waals surface area contributed by atoms with Crippen LogP contribution in [0.4, 0.5) is 30.6 Å². The number of anilines is 3. The third kappa shape index (κ3) is 6.19. The molecule has 0 saturated heterocycles. The van der Waals surface area contributed by atoms with Crippen LogP contribution in [0.2, 0.25) is 0 Å². The van der Waals surface area contributed by atoms with E-state index in [-0.39, 0.29) is 17.1 Å². The molecule has 3 N–H and O–H groups in total. The Hall–Kier alpha value is -3.23. The van der Waals surface area contributed by atoms with Gasteiger partial charge in [-0.05, 0) is 39.8 Å². The molecule has 0 unspecified atom stereocenters. The van der Waals surface area contributed by atoms with Crippen LogP contribution in [0.3, 0.4) is 0 Å². The van der Waals surface area contributed by atoms with Crippen LogP contribution in [-0.2, 0) is 9.53 Å². The summed E-state index contributed by atoms with van der Waals surface area (Å²) in [6, 6.07) is 4.29. The van der Waals surface area contributed by atoms with Gasteiger partial charge in [-0.1, -0.05) is 6.07 Å². The van der Waals surface area contributed by atoms with Gasteiger partial charge in [0.2, 0.25) is 5.91 Å². The van der Waals surface area contributed by atoms with Gasteiger partial charge < -0.3 is 20.7 Å². The van der Waals surface area contributed by atoms with Crippen LogP contribution in [0.15, 0.2) is 36.7 Å². The first-order chi connectivity index (χ1) is 13.0. The molecule has 1 heterocycles. The highest BCUT2D eigenvalue weighted by molar-refractivity contribution is 5.99. The maximum Gasteiger partial charge on any atom is 0.408 e. The second-order valence-electron chi connectivity index (χ2n) is 7.04. The monoisotopic (exact) mass is 392 g/mol. The molecule has 0 aliphatic carbocycles. The molecule has 0 spiro atoms. The number of hydrogen-bond donors (Lipinski definition) is 3. The summed E-state index contributed by atoms with van der Waals surface area (Å²) in [5, 5.41) is 7.60. The van der Waals surface area contributed by atoms with Gasteiger partial charge in [-0.15, -0.1) is 0 Å². The van der Waals surface area contributed by atoms with Crippen molar-refractivity contribution >= 4 is 29.1 Å². The molecule has 9 heteroatoms. The lowest BCUT2D eigenvalue weighted by atomic mass is 10.2. The largest absolute Gasteiger partial charge is 0.444 e. The molecule has 0 radical (unpaired) electrons. The summed E-state index contributed by atoms with van der Waals surface area (Å²) in [6.45, 7) is 6.51. The fourth-order valence-corrected chi connectivity index (χ4v) is 2.17. The van der Waals surface area contributed by atoms with Crippen molar-refractivity contribution in [2.75, 3.05) is 10.6 Å². The lowest BCUT2D eigenvalue weighted by Gasteiger charge is -2.22. The molecule has 0 saturated carbocycles. The summed E-state index contributed by atoms with van der Waals surface area (Å²) in [5.74, 6) is -1.93. The Morgan fingerprint density at radius 2 is 1.89 bits per heavy atom. The third-order valence-electron chi connectivity index (χ3n) is 3.37. The zero-order valence-electron chi connectivity index (χ0n) is 16.0. The summed E-state index contributed by atoms with van der Waals surface area (Å²) < 4.78 is 32.7. The van der Waals surface area contributed by atoms with Gasteiger partial charge in [0.1, 0.15) is 29.0 Å². The minimum absolute atomic E-state index is 0.144. The highest BCUT2D eigenvalue weighted by atomic mass is 19.1. The van der Waals surface area contributed by atoms with Crippen molar-refractivity contribution in [3.8, 4) is 0 Å². The fourth-order valence-electron chi connectivity index (χ4n) is 2.17. The Balaban J connectivity index is 2.12. The maximum atomic E-state index is 14.3. The lowest BCUT2D eigenvalue weighted by molar-refractivity contribution is -0.117. The number of ether oxygens (including phenoxy) is 1. The van der Waals surface area contributed by atoms with Crippen LogP contribution >= 0.6 is 0 Å². The standard InChI is InChI=1S/C19H22F2N4O3/c1-11(23-18(27)28-19(2,3)4)17(26)25-16-14(21)6-5-7-15(16)24-13-8-12(20)9-22-10-13/h5-11,24H,1-4H3,(H,23,27)(H,25,26)/t11-/m0/s1. The number of carbonyl (C=O) groups excluding carboxylic acids is 2.